The first-order valence-corrected chi connectivity index (χ1v) is 8.33. The number of fused-ring (bicyclic) bond motifs is 1. The van der Waals surface area contributed by atoms with Crippen LogP contribution in [-0.4, -0.2) is 11.6 Å². The molecule has 0 aliphatic carbocycles. The van der Waals surface area contributed by atoms with E-state index in [9.17, 15) is 4.79 Å². The number of carbonyl (C=O) groups is 1. The maximum Gasteiger partial charge on any atom is 0.327 e. The minimum atomic E-state index is -0.414. The minimum absolute atomic E-state index is 0.156. The number of halogens is 1. The van der Waals surface area contributed by atoms with Crippen LogP contribution in [0.3, 0.4) is 0 Å². The van der Waals surface area contributed by atoms with Crippen LogP contribution in [-0.2, 0) is 0 Å². The van der Waals surface area contributed by atoms with Gasteiger partial charge in [0.25, 0.3) is 0 Å². The van der Waals surface area contributed by atoms with Crippen LogP contribution in [0.2, 0.25) is 5.02 Å². The molecule has 0 radical (unpaired) electrons. The summed E-state index contributed by atoms with van der Waals surface area (Å²) in [5.41, 5.74) is 4.70. The number of hydrogen-bond acceptors (Lipinski definition) is 1. The van der Waals surface area contributed by atoms with Gasteiger partial charge in [-0.2, -0.15) is 0 Å². The van der Waals surface area contributed by atoms with Gasteiger partial charge in [-0.25, -0.2) is 4.79 Å². The van der Waals surface area contributed by atoms with Gasteiger partial charge in [-0.05, 0) is 69.7 Å². The van der Waals surface area contributed by atoms with Crippen molar-refractivity contribution in [2.75, 3.05) is 10.2 Å². The number of carbonyl (C=O) groups excluding carboxylic acids is 1. The molecule has 0 unspecified atom stereocenters. The molecule has 4 heteroatoms. The van der Waals surface area contributed by atoms with Crippen LogP contribution in [0.25, 0.3) is 5.57 Å². The van der Waals surface area contributed by atoms with Crippen LogP contribution in [0.1, 0.15) is 31.9 Å². The molecule has 0 bridgehead atoms. The quantitative estimate of drug-likeness (QED) is 0.690. The van der Waals surface area contributed by atoms with E-state index in [2.05, 4.69) is 31.3 Å². The standard InChI is InChI=1S/C20H21ClN2O/c1-13-5-10-18-17(11-13)14(2)12-20(3,4)23(18)19(24)22-16-8-6-15(21)7-9-16/h5-12H,1-4H3,(H,22,24). The highest BCUT2D eigenvalue weighted by Gasteiger charge is 2.35. The fourth-order valence-corrected chi connectivity index (χ4v) is 3.35. The van der Waals surface area contributed by atoms with E-state index in [4.69, 9.17) is 11.6 Å². The Balaban J connectivity index is 1.99. The van der Waals surface area contributed by atoms with Gasteiger partial charge in [-0.1, -0.05) is 29.3 Å². The Bertz CT molecular complexity index is 822. The number of urea groups is 1. The summed E-state index contributed by atoms with van der Waals surface area (Å²) in [6.45, 7) is 8.24. The molecule has 124 valence electrons. The summed E-state index contributed by atoms with van der Waals surface area (Å²) in [5, 5.41) is 3.61. The first kappa shape index (κ1) is 16.6. The summed E-state index contributed by atoms with van der Waals surface area (Å²) < 4.78 is 0. The average Bonchev–Trinajstić information content (AvgIpc) is 2.49. The third-order valence-electron chi connectivity index (χ3n) is 4.26. The molecule has 2 aromatic rings. The predicted octanol–water partition coefficient (Wildman–Crippen LogP) is 5.88. The molecule has 1 heterocycles. The SMILES string of the molecule is CC1=CC(C)(C)N(C(=O)Nc2ccc(Cl)cc2)c2ccc(C)cc21. The van der Waals surface area contributed by atoms with Gasteiger partial charge in [0.05, 0.1) is 11.2 Å². The van der Waals surface area contributed by atoms with Gasteiger partial charge in [-0.3, -0.25) is 4.90 Å². The highest BCUT2D eigenvalue weighted by Crippen LogP contribution is 2.39. The van der Waals surface area contributed by atoms with Crippen LogP contribution >= 0.6 is 11.6 Å². The third kappa shape index (κ3) is 3.04. The molecule has 1 N–H and O–H groups in total. The molecule has 0 saturated heterocycles. The van der Waals surface area contributed by atoms with Crippen molar-refractivity contribution in [3.63, 3.8) is 0 Å². The van der Waals surface area contributed by atoms with E-state index < -0.39 is 5.54 Å². The summed E-state index contributed by atoms with van der Waals surface area (Å²) in [6, 6.07) is 13.2. The zero-order valence-corrected chi connectivity index (χ0v) is 15.1. The second-order valence-corrected chi connectivity index (χ2v) is 7.21. The van der Waals surface area contributed by atoms with Crippen molar-refractivity contribution in [3.8, 4) is 0 Å². The second-order valence-electron chi connectivity index (χ2n) is 6.77. The lowest BCUT2D eigenvalue weighted by Crippen LogP contribution is -2.50. The highest BCUT2D eigenvalue weighted by molar-refractivity contribution is 6.30. The zero-order chi connectivity index (χ0) is 17.5. The molecule has 1 aliphatic heterocycles. The molecule has 1 aliphatic rings. The number of hydrogen-bond donors (Lipinski definition) is 1. The first-order valence-electron chi connectivity index (χ1n) is 7.95. The molecule has 0 spiro atoms. The predicted molar refractivity (Wildman–Crippen MR) is 102 cm³/mol. The van der Waals surface area contributed by atoms with Gasteiger partial charge < -0.3 is 5.32 Å². The molecule has 24 heavy (non-hydrogen) atoms. The minimum Gasteiger partial charge on any atom is -0.308 e. The molecule has 2 aromatic carbocycles. The van der Waals surface area contributed by atoms with Crippen LogP contribution in [0, 0.1) is 6.92 Å². The van der Waals surface area contributed by atoms with E-state index in [0.717, 1.165) is 16.9 Å². The molecular weight excluding hydrogens is 320 g/mol. The van der Waals surface area contributed by atoms with Crippen LogP contribution in [0.5, 0.6) is 0 Å². The Morgan fingerprint density at radius 2 is 1.75 bits per heavy atom. The summed E-state index contributed by atoms with van der Waals surface area (Å²) in [7, 11) is 0. The van der Waals surface area contributed by atoms with Crippen LogP contribution < -0.4 is 10.2 Å². The van der Waals surface area contributed by atoms with Crippen molar-refractivity contribution in [1.82, 2.24) is 0 Å². The lowest BCUT2D eigenvalue weighted by Gasteiger charge is -2.41. The number of anilines is 2. The molecule has 2 amide bonds. The number of nitrogens with one attached hydrogen (secondary N) is 1. The van der Waals surface area contributed by atoms with E-state index in [1.807, 2.05) is 30.9 Å². The molecule has 3 rings (SSSR count). The van der Waals surface area contributed by atoms with Gasteiger partial charge in [0.2, 0.25) is 0 Å². The lowest BCUT2D eigenvalue weighted by atomic mass is 9.88. The van der Waals surface area contributed by atoms with E-state index in [0.29, 0.717) is 5.02 Å². The van der Waals surface area contributed by atoms with Gasteiger partial charge in [0.1, 0.15) is 0 Å². The Morgan fingerprint density at radius 3 is 2.42 bits per heavy atom. The van der Waals surface area contributed by atoms with Gasteiger partial charge in [-0.15, -0.1) is 0 Å². The van der Waals surface area contributed by atoms with E-state index in [1.54, 1.807) is 24.3 Å². The maximum atomic E-state index is 13.0. The van der Waals surface area contributed by atoms with Gasteiger partial charge in [0.15, 0.2) is 0 Å². The lowest BCUT2D eigenvalue weighted by molar-refractivity contribution is 0.253. The Kier molecular flexibility index (Phi) is 4.14. The number of amides is 2. The van der Waals surface area contributed by atoms with Crippen molar-refractivity contribution in [2.24, 2.45) is 0 Å². The second kappa shape index (κ2) is 5.99. The smallest absolute Gasteiger partial charge is 0.308 e. The number of aryl methyl sites for hydroxylation is 1. The van der Waals surface area contributed by atoms with E-state index in [1.165, 1.54) is 11.1 Å². The van der Waals surface area contributed by atoms with Crippen molar-refractivity contribution in [2.45, 2.75) is 33.2 Å². The fraction of sp³-hybridized carbons (Fsp3) is 0.250. The van der Waals surface area contributed by atoms with Crippen molar-refractivity contribution >= 4 is 34.6 Å². The highest BCUT2D eigenvalue weighted by atomic mass is 35.5. The van der Waals surface area contributed by atoms with E-state index in [-0.39, 0.29) is 6.03 Å². The molecule has 0 fully saturated rings. The monoisotopic (exact) mass is 340 g/mol. The average molecular weight is 341 g/mol. The number of nitrogens with zero attached hydrogens (tertiary/aromatic N) is 1. The Labute approximate surface area is 147 Å². The molecule has 3 nitrogen and oxygen atoms in total. The number of benzene rings is 2. The summed E-state index contributed by atoms with van der Waals surface area (Å²) in [6.07, 6.45) is 2.14. The maximum absolute atomic E-state index is 13.0. The zero-order valence-electron chi connectivity index (χ0n) is 14.4. The fourth-order valence-electron chi connectivity index (χ4n) is 3.23. The number of allylic oxidation sites excluding steroid dienone is 1. The molecular formula is C20H21ClN2O. The molecule has 0 saturated carbocycles. The Morgan fingerprint density at radius 1 is 1.08 bits per heavy atom. The van der Waals surface area contributed by atoms with Gasteiger partial charge in [0, 0.05) is 16.3 Å². The largest absolute Gasteiger partial charge is 0.327 e. The summed E-state index contributed by atoms with van der Waals surface area (Å²) >= 11 is 5.91. The van der Waals surface area contributed by atoms with Crippen LogP contribution in [0.4, 0.5) is 16.2 Å². The summed E-state index contributed by atoms with van der Waals surface area (Å²) in [5.74, 6) is 0. The van der Waals surface area contributed by atoms with Crippen molar-refractivity contribution in [3.05, 3.63) is 64.7 Å². The topological polar surface area (TPSA) is 32.3 Å². The van der Waals surface area contributed by atoms with Crippen molar-refractivity contribution < 1.29 is 4.79 Å². The van der Waals surface area contributed by atoms with Crippen molar-refractivity contribution in [1.29, 1.82) is 0 Å². The third-order valence-corrected chi connectivity index (χ3v) is 4.51. The normalized spacial score (nSPS) is 15.5. The Hall–Kier alpha value is -2.26. The molecule has 0 atom stereocenters. The van der Waals surface area contributed by atoms with Gasteiger partial charge >= 0.3 is 6.03 Å². The number of rotatable bonds is 1. The molecule has 0 aromatic heterocycles. The van der Waals surface area contributed by atoms with Crippen LogP contribution in [0.15, 0.2) is 48.5 Å². The first-order chi connectivity index (χ1) is 11.3. The van der Waals surface area contributed by atoms with E-state index >= 15 is 0 Å². The summed E-state index contributed by atoms with van der Waals surface area (Å²) in [4.78, 5) is 14.8.